The van der Waals surface area contributed by atoms with Crippen LogP contribution in [-0.4, -0.2) is 51.4 Å². The van der Waals surface area contributed by atoms with Crippen molar-refractivity contribution in [2.45, 2.75) is 44.6 Å². The van der Waals surface area contributed by atoms with E-state index in [4.69, 9.17) is 0 Å². The highest BCUT2D eigenvalue weighted by Gasteiger charge is 2.37. The Kier molecular flexibility index (Phi) is 4.90. The molecule has 1 aromatic rings. The van der Waals surface area contributed by atoms with Crippen molar-refractivity contribution in [1.82, 2.24) is 10.6 Å². The Morgan fingerprint density at radius 1 is 1.21 bits per heavy atom. The predicted octanol–water partition coefficient (Wildman–Crippen LogP) is 0.878. The number of carbonyl (C=O) groups is 2. The van der Waals surface area contributed by atoms with E-state index in [0.717, 1.165) is 17.6 Å². The summed E-state index contributed by atoms with van der Waals surface area (Å²) in [7, 11) is 0. The van der Waals surface area contributed by atoms with Gasteiger partial charge in [0.05, 0.1) is 17.3 Å². The van der Waals surface area contributed by atoms with Crippen molar-refractivity contribution >= 4 is 17.3 Å². The van der Waals surface area contributed by atoms with E-state index in [-0.39, 0.29) is 17.0 Å². The largest absolute Gasteiger partial charge is 0.388 e. The number of hydrogen-bond acceptors (Lipinski definition) is 6. The molecule has 0 saturated carbocycles. The molecule has 1 unspecified atom stereocenters. The first-order valence-electron chi connectivity index (χ1n) is 9.70. The molecule has 1 aliphatic heterocycles. The smallest absolute Gasteiger partial charge is 0.256 e. The lowest BCUT2D eigenvalue weighted by atomic mass is 9.90. The summed E-state index contributed by atoms with van der Waals surface area (Å²) in [5, 5.41) is 35.3. The van der Waals surface area contributed by atoms with Gasteiger partial charge in [-0.3, -0.25) is 9.59 Å². The van der Waals surface area contributed by atoms with E-state index in [0.29, 0.717) is 17.1 Å². The summed E-state index contributed by atoms with van der Waals surface area (Å²) >= 11 is 0. The summed E-state index contributed by atoms with van der Waals surface area (Å²) in [4.78, 5) is 25.8. The fraction of sp³-hybridized carbons (Fsp3) is 0.364. The minimum Gasteiger partial charge on any atom is -0.388 e. The molecule has 4 rings (SSSR count). The van der Waals surface area contributed by atoms with Crippen LogP contribution in [0.5, 0.6) is 0 Å². The van der Waals surface area contributed by atoms with Crippen LogP contribution in [-0.2, 0) is 0 Å². The number of aliphatic hydroxyl groups is 3. The molecular weight excluding hydrogens is 372 g/mol. The average molecular weight is 396 g/mol. The molecule has 1 aromatic carbocycles. The first kappa shape index (κ1) is 19.6. The second kappa shape index (κ2) is 7.26. The summed E-state index contributed by atoms with van der Waals surface area (Å²) in [6.45, 7) is 3.74. The van der Waals surface area contributed by atoms with E-state index in [1.54, 1.807) is 19.1 Å². The molecule has 2 aliphatic carbocycles. The molecule has 0 aromatic heterocycles. The Morgan fingerprint density at radius 2 is 1.97 bits per heavy atom. The van der Waals surface area contributed by atoms with Crippen molar-refractivity contribution in [3.8, 4) is 0 Å². The Hall–Kier alpha value is -2.74. The number of carbonyl (C=O) groups excluding carboxylic acids is 2. The number of nitrogens with one attached hydrogen (secondary N) is 2. The standard InChI is InChI=1S/C22H24N2O5/c1-10-6-7-13-15(8-10)12-4-3-5-14(17(12)19(13)26)22(29)23-9-16-20(27)21(28)18(25)11(2)24-16/h3-7,9-11,18,20-21,24-25,27-28H,8H2,1-2H3,(H,23,29)/b16-9-/t10?,11-,18+,20+,21+/m0/s1. The predicted molar refractivity (Wildman–Crippen MR) is 107 cm³/mol. The van der Waals surface area contributed by atoms with Gasteiger partial charge < -0.3 is 26.0 Å². The van der Waals surface area contributed by atoms with Crippen LogP contribution < -0.4 is 10.6 Å². The quantitative estimate of drug-likeness (QED) is 0.506. The number of hydrogen-bond donors (Lipinski definition) is 5. The number of benzene rings is 1. The van der Waals surface area contributed by atoms with Gasteiger partial charge in [0.1, 0.15) is 18.3 Å². The molecule has 1 saturated heterocycles. The van der Waals surface area contributed by atoms with Crippen LogP contribution in [0.2, 0.25) is 0 Å². The van der Waals surface area contributed by atoms with Gasteiger partial charge in [0.2, 0.25) is 0 Å². The number of piperidine rings is 1. The molecule has 0 spiro atoms. The lowest BCUT2D eigenvalue weighted by molar-refractivity contribution is -0.0759. The highest BCUT2D eigenvalue weighted by atomic mass is 16.4. The van der Waals surface area contributed by atoms with Gasteiger partial charge in [-0.1, -0.05) is 31.2 Å². The van der Waals surface area contributed by atoms with Gasteiger partial charge in [-0.25, -0.2) is 0 Å². The molecular formula is C22H24N2O5. The number of rotatable bonds is 2. The van der Waals surface area contributed by atoms with E-state index in [9.17, 15) is 24.9 Å². The zero-order valence-electron chi connectivity index (χ0n) is 16.2. The number of allylic oxidation sites excluding steroid dienone is 4. The molecule has 29 heavy (non-hydrogen) atoms. The summed E-state index contributed by atoms with van der Waals surface area (Å²) in [5.74, 6) is -0.307. The Bertz CT molecular complexity index is 977. The lowest BCUT2D eigenvalue weighted by Gasteiger charge is -2.36. The summed E-state index contributed by atoms with van der Waals surface area (Å²) in [6.07, 6.45) is 2.03. The normalized spacial score (nSPS) is 32.1. The lowest BCUT2D eigenvalue weighted by Crippen LogP contribution is -2.57. The summed E-state index contributed by atoms with van der Waals surface area (Å²) < 4.78 is 0. The number of amides is 1. The zero-order valence-corrected chi connectivity index (χ0v) is 16.2. The molecule has 3 aliphatic rings. The molecule has 7 nitrogen and oxygen atoms in total. The number of Topliss-reactive ketones (excluding diaryl/α,β-unsaturated/α-hetero) is 1. The van der Waals surface area contributed by atoms with Crippen molar-refractivity contribution < 1.29 is 24.9 Å². The summed E-state index contributed by atoms with van der Waals surface area (Å²) in [6, 6.07) is 4.72. The minimum atomic E-state index is -1.36. The van der Waals surface area contributed by atoms with Gasteiger partial charge in [-0.15, -0.1) is 0 Å². The van der Waals surface area contributed by atoms with E-state index in [2.05, 4.69) is 17.6 Å². The molecule has 0 bridgehead atoms. The second-order valence-electron chi connectivity index (χ2n) is 7.92. The first-order valence-corrected chi connectivity index (χ1v) is 9.70. The molecule has 1 amide bonds. The maximum Gasteiger partial charge on any atom is 0.256 e. The molecule has 152 valence electrons. The van der Waals surface area contributed by atoms with Crippen LogP contribution in [0.4, 0.5) is 0 Å². The molecule has 5 N–H and O–H groups in total. The van der Waals surface area contributed by atoms with E-state index < -0.39 is 30.3 Å². The highest BCUT2D eigenvalue weighted by Crippen LogP contribution is 2.41. The number of aliphatic hydroxyl groups excluding tert-OH is 3. The second-order valence-corrected chi connectivity index (χ2v) is 7.92. The highest BCUT2D eigenvalue weighted by molar-refractivity contribution is 6.26. The third-order valence-corrected chi connectivity index (χ3v) is 5.81. The van der Waals surface area contributed by atoms with Crippen LogP contribution in [0.25, 0.3) is 5.57 Å². The van der Waals surface area contributed by atoms with Crippen LogP contribution >= 0.6 is 0 Å². The van der Waals surface area contributed by atoms with Crippen molar-refractivity contribution in [2.24, 2.45) is 5.92 Å². The SMILES string of the molecule is CC1C=CC2=C(C1)c1cccc(C(=O)N/C=C3\N[C@@H](C)[C@@H](O)[C@@H](O)[C@@H]3O)c1C2=O. The van der Waals surface area contributed by atoms with Crippen molar-refractivity contribution in [1.29, 1.82) is 0 Å². The van der Waals surface area contributed by atoms with E-state index in [1.165, 1.54) is 6.20 Å². The van der Waals surface area contributed by atoms with Crippen molar-refractivity contribution in [3.05, 3.63) is 64.5 Å². The van der Waals surface area contributed by atoms with Crippen LogP contribution in [0.1, 0.15) is 46.5 Å². The first-order chi connectivity index (χ1) is 13.8. The van der Waals surface area contributed by atoms with E-state index in [1.807, 2.05) is 18.2 Å². The van der Waals surface area contributed by atoms with Gasteiger partial charge in [0, 0.05) is 17.3 Å². The molecule has 1 heterocycles. The maximum absolute atomic E-state index is 12.9. The van der Waals surface area contributed by atoms with Crippen LogP contribution in [0.3, 0.4) is 0 Å². The fourth-order valence-corrected chi connectivity index (χ4v) is 4.15. The minimum absolute atomic E-state index is 0.153. The Labute approximate surface area is 168 Å². The van der Waals surface area contributed by atoms with Crippen molar-refractivity contribution in [2.75, 3.05) is 0 Å². The Balaban J connectivity index is 1.60. The number of ketones is 1. The van der Waals surface area contributed by atoms with Gasteiger partial charge in [-0.2, -0.15) is 0 Å². The fourth-order valence-electron chi connectivity index (χ4n) is 4.15. The third-order valence-electron chi connectivity index (χ3n) is 5.81. The van der Waals surface area contributed by atoms with Gasteiger partial charge >= 0.3 is 0 Å². The summed E-state index contributed by atoms with van der Waals surface area (Å²) in [5.41, 5.74) is 3.27. The van der Waals surface area contributed by atoms with Crippen LogP contribution in [0.15, 0.2) is 47.8 Å². The topological polar surface area (TPSA) is 119 Å². The van der Waals surface area contributed by atoms with Gasteiger partial charge in [0.25, 0.3) is 5.91 Å². The Morgan fingerprint density at radius 3 is 2.72 bits per heavy atom. The molecule has 5 atom stereocenters. The molecule has 1 fully saturated rings. The average Bonchev–Trinajstić information content (AvgIpc) is 2.99. The molecule has 7 heteroatoms. The molecule has 0 radical (unpaired) electrons. The van der Waals surface area contributed by atoms with E-state index >= 15 is 0 Å². The monoisotopic (exact) mass is 396 g/mol. The number of fused-ring (bicyclic) bond motifs is 2. The maximum atomic E-state index is 12.9. The third kappa shape index (κ3) is 3.21. The zero-order chi connectivity index (χ0) is 20.9. The van der Waals surface area contributed by atoms with Gasteiger partial charge in [-0.05, 0) is 36.5 Å². The van der Waals surface area contributed by atoms with Crippen LogP contribution in [0, 0.1) is 5.92 Å². The van der Waals surface area contributed by atoms with Crippen molar-refractivity contribution in [3.63, 3.8) is 0 Å². The van der Waals surface area contributed by atoms with Gasteiger partial charge in [0.15, 0.2) is 5.78 Å².